The highest BCUT2D eigenvalue weighted by Gasteiger charge is 2.09. The van der Waals surface area contributed by atoms with Crippen molar-refractivity contribution in [3.05, 3.63) is 23.8 Å². The smallest absolute Gasteiger partial charge is 0.251 e. The molecule has 1 aromatic rings. The summed E-state index contributed by atoms with van der Waals surface area (Å²) in [6.07, 6.45) is 0.987. The summed E-state index contributed by atoms with van der Waals surface area (Å²) >= 11 is 3.35. The maximum Gasteiger partial charge on any atom is 0.251 e. The predicted molar refractivity (Wildman–Crippen MR) is 69.7 cm³/mol. The number of nitrogens with one attached hydrogen (secondary N) is 1. The van der Waals surface area contributed by atoms with Crippen molar-refractivity contribution in [2.24, 2.45) is 5.92 Å². The zero-order valence-corrected chi connectivity index (χ0v) is 11.2. The third kappa shape index (κ3) is 4.26. The van der Waals surface area contributed by atoms with Gasteiger partial charge in [-0.05, 0) is 30.5 Å². The molecule has 4 nitrogen and oxygen atoms in total. The molecule has 17 heavy (non-hydrogen) atoms. The van der Waals surface area contributed by atoms with E-state index in [1.165, 1.54) is 18.2 Å². The summed E-state index contributed by atoms with van der Waals surface area (Å²) in [6.45, 7) is 2.64. The van der Waals surface area contributed by atoms with Gasteiger partial charge in [0.15, 0.2) is 11.5 Å². The Balaban J connectivity index is 2.55. The summed E-state index contributed by atoms with van der Waals surface area (Å²) < 4.78 is 0. The fourth-order valence-electron chi connectivity index (χ4n) is 1.32. The van der Waals surface area contributed by atoms with Crippen LogP contribution in [-0.4, -0.2) is 28.0 Å². The first kappa shape index (κ1) is 13.8. The second-order valence-electron chi connectivity index (χ2n) is 4.00. The molecule has 1 aromatic carbocycles. The van der Waals surface area contributed by atoms with Crippen LogP contribution in [0.15, 0.2) is 18.2 Å². The van der Waals surface area contributed by atoms with Gasteiger partial charge >= 0.3 is 0 Å². The fourth-order valence-corrected chi connectivity index (χ4v) is 2.10. The van der Waals surface area contributed by atoms with Crippen molar-refractivity contribution in [1.82, 2.24) is 5.32 Å². The lowest BCUT2D eigenvalue weighted by molar-refractivity contribution is 0.0947. The van der Waals surface area contributed by atoms with Crippen LogP contribution in [0.25, 0.3) is 0 Å². The second kappa shape index (κ2) is 6.49. The number of carbonyl (C=O) groups excluding carboxylic acids is 1. The van der Waals surface area contributed by atoms with E-state index in [2.05, 4.69) is 28.2 Å². The Morgan fingerprint density at radius 2 is 2.12 bits per heavy atom. The molecule has 5 heteroatoms. The Morgan fingerprint density at radius 3 is 2.71 bits per heavy atom. The summed E-state index contributed by atoms with van der Waals surface area (Å²) in [6, 6.07) is 4.02. The monoisotopic (exact) mass is 301 g/mol. The van der Waals surface area contributed by atoms with Crippen LogP contribution in [-0.2, 0) is 0 Å². The van der Waals surface area contributed by atoms with Gasteiger partial charge in [-0.15, -0.1) is 0 Å². The first-order valence-corrected chi connectivity index (χ1v) is 6.53. The molecule has 0 spiro atoms. The van der Waals surface area contributed by atoms with Gasteiger partial charge in [-0.3, -0.25) is 4.79 Å². The van der Waals surface area contributed by atoms with Crippen LogP contribution in [0.1, 0.15) is 23.7 Å². The van der Waals surface area contributed by atoms with Crippen LogP contribution in [0.2, 0.25) is 0 Å². The van der Waals surface area contributed by atoms with Crippen LogP contribution in [0.5, 0.6) is 11.5 Å². The van der Waals surface area contributed by atoms with Crippen molar-refractivity contribution in [2.75, 3.05) is 11.9 Å². The zero-order valence-electron chi connectivity index (χ0n) is 9.61. The third-order valence-corrected chi connectivity index (χ3v) is 2.91. The average molecular weight is 302 g/mol. The number of carbonyl (C=O) groups is 1. The number of hydrogen-bond acceptors (Lipinski definition) is 3. The highest BCUT2D eigenvalue weighted by Crippen LogP contribution is 2.24. The molecular weight excluding hydrogens is 286 g/mol. The lowest BCUT2D eigenvalue weighted by Crippen LogP contribution is -2.28. The molecule has 1 amide bonds. The number of phenols is 2. The van der Waals surface area contributed by atoms with Crippen LogP contribution < -0.4 is 5.32 Å². The van der Waals surface area contributed by atoms with Crippen molar-refractivity contribution in [2.45, 2.75) is 13.3 Å². The van der Waals surface area contributed by atoms with Crippen molar-refractivity contribution in [3.8, 4) is 11.5 Å². The van der Waals surface area contributed by atoms with Crippen LogP contribution in [0.4, 0.5) is 0 Å². The maximum absolute atomic E-state index is 11.7. The summed E-state index contributed by atoms with van der Waals surface area (Å²) in [5.41, 5.74) is 0.339. The summed E-state index contributed by atoms with van der Waals surface area (Å²) in [4.78, 5) is 11.7. The summed E-state index contributed by atoms with van der Waals surface area (Å²) in [7, 11) is 0. The maximum atomic E-state index is 11.7. The molecule has 0 radical (unpaired) electrons. The first-order chi connectivity index (χ1) is 8.04. The van der Waals surface area contributed by atoms with Crippen molar-refractivity contribution in [1.29, 1.82) is 0 Å². The summed E-state index contributed by atoms with van der Waals surface area (Å²) in [5, 5.41) is 22.1. The lowest BCUT2D eigenvalue weighted by atomic mass is 10.1. The van der Waals surface area contributed by atoms with Crippen molar-refractivity contribution < 1.29 is 15.0 Å². The van der Waals surface area contributed by atoms with Gasteiger partial charge < -0.3 is 15.5 Å². The van der Waals surface area contributed by atoms with Gasteiger partial charge in [-0.25, -0.2) is 0 Å². The van der Waals surface area contributed by atoms with E-state index in [0.717, 1.165) is 11.8 Å². The minimum atomic E-state index is -0.286. The van der Waals surface area contributed by atoms with Gasteiger partial charge in [0.2, 0.25) is 0 Å². The molecule has 0 saturated carbocycles. The quantitative estimate of drug-likeness (QED) is 0.577. The molecule has 0 aliphatic heterocycles. The Bertz CT molecular complexity index is 395. The van der Waals surface area contributed by atoms with E-state index in [-0.39, 0.29) is 17.4 Å². The highest BCUT2D eigenvalue weighted by molar-refractivity contribution is 9.09. The molecule has 0 aliphatic rings. The molecular formula is C12H16BrNO3. The number of hydrogen-bond donors (Lipinski definition) is 3. The lowest BCUT2D eigenvalue weighted by Gasteiger charge is -2.11. The second-order valence-corrected chi connectivity index (χ2v) is 4.79. The van der Waals surface area contributed by atoms with E-state index in [9.17, 15) is 9.90 Å². The topological polar surface area (TPSA) is 69.6 Å². The molecule has 0 aromatic heterocycles. The SMILES string of the molecule is CC(CCBr)CNC(=O)c1ccc(O)c(O)c1. The number of benzene rings is 1. The average Bonchev–Trinajstić information content (AvgIpc) is 2.30. The van der Waals surface area contributed by atoms with Gasteiger partial charge in [-0.1, -0.05) is 22.9 Å². The van der Waals surface area contributed by atoms with Crippen LogP contribution in [0, 0.1) is 5.92 Å². The Morgan fingerprint density at radius 1 is 1.41 bits per heavy atom. The van der Waals surface area contributed by atoms with E-state index in [0.29, 0.717) is 18.0 Å². The van der Waals surface area contributed by atoms with Gasteiger partial charge in [0.1, 0.15) is 0 Å². The third-order valence-electron chi connectivity index (χ3n) is 2.45. The Labute approximate surface area is 109 Å². The zero-order chi connectivity index (χ0) is 12.8. The minimum absolute atomic E-state index is 0.228. The van der Waals surface area contributed by atoms with Gasteiger partial charge in [0.25, 0.3) is 5.91 Å². The number of rotatable bonds is 5. The molecule has 1 unspecified atom stereocenters. The number of halogens is 1. The molecule has 0 aliphatic carbocycles. The van der Waals surface area contributed by atoms with E-state index in [1.807, 2.05) is 0 Å². The largest absolute Gasteiger partial charge is 0.504 e. The number of amides is 1. The molecule has 94 valence electrons. The van der Waals surface area contributed by atoms with Gasteiger partial charge in [0, 0.05) is 17.4 Å². The molecule has 0 saturated heterocycles. The first-order valence-electron chi connectivity index (χ1n) is 5.40. The van der Waals surface area contributed by atoms with E-state index < -0.39 is 0 Å². The highest BCUT2D eigenvalue weighted by atomic mass is 79.9. The van der Waals surface area contributed by atoms with E-state index in [4.69, 9.17) is 5.11 Å². The number of alkyl halides is 1. The standard InChI is InChI=1S/C12H16BrNO3/c1-8(4-5-13)7-14-12(17)9-2-3-10(15)11(16)6-9/h2-3,6,8,15-16H,4-5,7H2,1H3,(H,14,17). The molecule has 0 heterocycles. The molecule has 3 N–H and O–H groups in total. The normalized spacial score (nSPS) is 12.1. The Kier molecular flexibility index (Phi) is 5.28. The van der Waals surface area contributed by atoms with Crippen molar-refractivity contribution in [3.63, 3.8) is 0 Å². The van der Waals surface area contributed by atoms with Crippen LogP contribution in [0.3, 0.4) is 0 Å². The Hall–Kier alpha value is -1.23. The van der Waals surface area contributed by atoms with Crippen LogP contribution >= 0.6 is 15.9 Å². The molecule has 0 bridgehead atoms. The minimum Gasteiger partial charge on any atom is -0.504 e. The van der Waals surface area contributed by atoms with Gasteiger partial charge in [0.05, 0.1) is 0 Å². The molecule has 1 atom stereocenters. The van der Waals surface area contributed by atoms with Gasteiger partial charge in [-0.2, -0.15) is 0 Å². The molecule has 0 fully saturated rings. The van der Waals surface area contributed by atoms with E-state index in [1.54, 1.807) is 0 Å². The fraction of sp³-hybridized carbons (Fsp3) is 0.417. The predicted octanol–water partition coefficient (Wildman–Crippen LogP) is 2.25. The van der Waals surface area contributed by atoms with Crippen molar-refractivity contribution >= 4 is 21.8 Å². The number of aromatic hydroxyl groups is 2. The summed E-state index contributed by atoms with van der Waals surface area (Å²) in [5.74, 6) is -0.369. The molecule has 1 rings (SSSR count). The van der Waals surface area contributed by atoms with E-state index >= 15 is 0 Å². The number of phenolic OH excluding ortho intramolecular Hbond substituents is 2.